The van der Waals surface area contributed by atoms with Crippen LogP contribution in [0.2, 0.25) is 0 Å². The van der Waals surface area contributed by atoms with Gasteiger partial charge in [-0.05, 0) is 62.5 Å². The van der Waals surface area contributed by atoms with E-state index in [2.05, 4.69) is 20.7 Å². The lowest BCUT2D eigenvalue weighted by Gasteiger charge is -2.23. The van der Waals surface area contributed by atoms with Gasteiger partial charge in [0, 0.05) is 12.7 Å². The van der Waals surface area contributed by atoms with E-state index in [1.165, 1.54) is 6.33 Å². The number of nitrogens with zero attached hydrogens (tertiary/aromatic N) is 4. The monoisotopic (exact) mass is 452 g/mol. The van der Waals surface area contributed by atoms with E-state index in [0.717, 1.165) is 31.6 Å². The number of rotatable bonds is 5. The average molecular weight is 453 g/mol. The number of piperidine rings is 1. The van der Waals surface area contributed by atoms with Gasteiger partial charge in [-0.1, -0.05) is 6.07 Å². The van der Waals surface area contributed by atoms with Crippen LogP contribution in [0.25, 0.3) is 5.65 Å². The summed E-state index contributed by atoms with van der Waals surface area (Å²) < 4.78 is 3.34. The molecule has 10 heteroatoms. The Kier molecular flexibility index (Phi) is 8.40. The molecule has 1 fully saturated rings. The highest BCUT2D eigenvalue weighted by Crippen LogP contribution is 2.12. The summed E-state index contributed by atoms with van der Waals surface area (Å²) in [6.07, 6.45) is 5.48. The SMILES string of the molecule is Cc1ccn(CC2CCCNC2)c(=O)c1C(=O)NCc1cccc2ncnn12.Cl.Cl. The van der Waals surface area contributed by atoms with Gasteiger partial charge in [0.25, 0.3) is 11.5 Å². The van der Waals surface area contributed by atoms with Crippen LogP contribution in [-0.2, 0) is 13.1 Å². The lowest BCUT2D eigenvalue weighted by Crippen LogP contribution is -2.38. The first-order valence-corrected chi connectivity index (χ1v) is 9.60. The second kappa shape index (κ2) is 10.6. The topological polar surface area (TPSA) is 93.3 Å². The standard InChI is InChI=1S/C20H24N6O2.2ClH/c1-14-7-9-25(12-15-4-3-8-21-10-15)20(28)18(14)19(27)22-11-16-5-2-6-17-23-13-24-26(16)17;;/h2,5-7,9,13,15,21H,3-4,8,10-12H2,1H3,(H,22,27);2*1H. The van der Waals surface area contributed by atoms with Crippen LogP contribution in [0.3, 0.4) is 0 Å². The third-order valence-corrected chi connectivity index (χ3v) is 5.26. The largest absolute Gasteiger partial charge is 0.346 e. The van der Waals surface area contributed by atoms with Gasteiger partial charge >= 0.3 is 0 Å². The number of aromatic nitrogens is 4. The highest BCUT2D eigenvalue weighted by molar-refractivity contribution is 5.95. The van der Waals surface area contributed by atoms with Crippen molar-refractivity contribution in [2.75, 3.05) is 13.1 Å². The van der Waals surface area contributed by atoms with Crippen molar-refractivity contribution in [3.8, 4) is 0 Å². The summed E-state index contributed by atoms with van der Waals surface area (Å²) in [4.78, 5) is 29.9. The number of amides is 1. The van der Waals surface area contributed by atoms with Crippen LogP contribution in [0.5, 0.6) is 0 Å². The van der Waals surface area contributed by atoms with Gasteiger partial charge in [-0.2, -0.15) is 5.10 Å². The van der Waals surface area contributed by atoms with Crippen LogP contribution in [0.15, 0.2) is 41.6 Å². The minimum atomic E-state index is -0.365. The van der Waals surface area contributed by atoms with Crippen molar-refractivity contribution in [2.45, 2.75) is 32.9 Å². The lowest BCUT2D eigenvalue weighted by molar-refractivity contribution is 0.0947. The van der Waals surface area contributed by atoms with Crippen molar-refractivity contribution >= 4 is 36.4 Å². The molecule has 1 saturated heterocycles. The summed E-state index contributed by atoms with van der Waals surface area (Å²) in [6, 6.07) is 7.42. The first kappa shape index (κ1) is 23.9. The van der Waals surface area contributed by atoms with Crippen molar-refractivity contribution in [3.05, 3.63) is 64.0 Å². The molecule has 8 nitrogen and oxygen atoms in total. The van der Waals surface area contributed by atoms with Crippen molar-refractivity contribution < 1.29 is 4.79 Å². The highest BCUT2D eigenvalue weighted by Gasteiger charge is 2.19. The molecule has 0 radical (unpaired) electrons. The summed E-state index contributed by atoms with van der Waals surface area (Å²) in [6.45, 7) is 4.63. The van der Waals surface area contributed by atoms with Gasteiger partial charge < -0.3 is 15.2 Å². The number of aryl methyl sites for hydroxylation is 1. The lowest BCUT2D eigenvalue weighted by atomic mass is 9.99. The number of fused-ring (bicyclic) bond motifs is 1. The van der Waals surface area contributed by atoms with Crippen LogP contribution in [-0.4, -0.2) is 38.2 Å². The van der Waals surface area contributed by atoms with Crippen molar-refractivity contribution in [3.63, 3.8) is 0 Å². The van der Waals surface area contributed by atoms with E-state index in [0.29, 0.717) is 23.7 Å². The molecule has 1 amide bonds. The average Bonchev–Trinajstić information content (AvgIpc) is 3.19. The van der Waals surface area contributed by atoms with Gasteiger partial charge in [-0.25, -0.2) is 9.50 Å². The van der Waals surface area contributed by atoms with Gasteiger partial charge in [0.15, 0.2) is 5.65 Å². The molecule has 4 rings (SSSR count). The van der Waals surface area contributed by atoms with E-state index in [-0.39, 0.29) is 48.4 Å². The maximum atomic E-state index is 12.9. The molecular weight excluding hydrogens is 427 g/mol. The minimum Gasteiger partial charge on any atom is -0.346 e. The number of carbonyl (C=O) groups is 1. The molecule has 2 N–H and O–H groups in total. The second-order valence-corrected chi connectivity index (χ2v) is 7.27. The third kappa shape index (κ3) is 5.00. The number of carbonyl (C=O) groups excluding carboxylic acids is 1. The van der Waals surface area contributed by atoms with Gasteiger partial charge in [0.1, 0.15) is 11.9 Å². The van der Waals surface area contributed by atoms with E-state index in [1.807, 2.05) is 24.3 Å². The molecule has 0 aliphatic carbocycles. The van der Waals surface area contributed by atoms with E-state index in [1.54, 1.807) is 22.2 Å². The van der Waals surface area contributed by atoms with E-state index >= 15 is 0 Å². The smallest absolute Gasteiger partial charge is 0.263 e. The van der Waals surface area contributed by atoms with Crippen molar-refractivity contribution in [2.24, 2.45) is 5.92 Å². The fraction of sp³-hybridized carbons (Fsp3) is 0.400. The fourth-order valence-electron chi connectivity index (χ4n) is 3.74. The Hall–Kier alpha value is -2.42. The molecule has 3 aromatic heterocycles. The Morgan fingerprint density at radius 2 is 2.13 bits per heavy atom. The molecule has 0 bridgehead atoms. The highest BCUT2D eigenvalue weighted by atomic mass is 35.5. The van der Waals surface area contributed by atoms with Crippen LogP contribution in [0, 0.1) is 12.8 Å². The summed E-state index contributed by atoms with van der Waals surface area (Å²) in [5, 5.41) is 10.4. The molecule has 0 saturated carbocycles. The summed E-state index contributed by atoms with van der Waals surface area (Å²) in [5.41, 5.74) is 2.16. The minimum absolute atomic E-state index is 0. The first-order valence-electron chi connectivity index (χ1n) is 9.60. The zero-order valence-electron chi connectivity index (χ0n) is 16.7. The van der Waals surface area contributed by atoms with Gasteiger partial charge in [0.05, 0.1) is 12.2 Å². The number of pyridine rings is 2. The van der Waals surface area contributed by atoms with E-state index < -0.39 is 0 Å². The zero-order chi connectivity index (χ0) is 19.5. The Morgan fingerprint density at radius 3 is 2.90 bits per heavy atom. The van der Waals surface area contributed by atoms with Crippen molar-refractivity contribution in [1.82, 2.24) is 29.8 Å². The zero-order valence-corrected chi connectivity index (χ0v) is 18.3. The van der Waals surface area contributed by atoms with E-state index in [9.17, 15) is 9.59 Å². The number of hydrogen-bond donors (Lipinski definition) is 2. The Labute approximate surface area is 186 Å². The molecule has 0 aromatic carbocycles. The molecule has 1 atom stereocenters. The predicted octanol–water partition coefficient (Wildman–Crippen LogP) is 1.97. The Bertz CT molecular complexity index is 1060. The molecule has 4 heterocycles. The molecule has 1 aliphatic rings. The Morgan fingerprint density at radius 1 is 1.30 bits per heavy atom. The van der Waals surface area contributed by atoms with Gasteiger partial charge in [-0.15, -0.1) is 24.8 Å². The fourth-order valence-corrected chi connectivity index (χ4v) is 3.74. The predicted molar refractivity (Wildman–Crippen MR) is 120 cm³/mol. The van der Waals surface area contributed by atoms with E-state index in [4.69, 9.17) is 0 Å². The summed E-state index contributed by atoms with van der Waals surface area (Å²) in [5.74, 6) is 0.0470. The van der Waals surface area contributed by atoms with Gasteiger partial charge in [-0.3, -0.25) is 9.59 Å². The molecule has 1 unspecified atom stereocenters. The molecule has 3 aromatic rings. The quantitative estimate of drug-likeness (QED) is 0.616. The molecule has 162 valence electrons. The van der Waals surface area contributed by atoms with Crippen LogP contribution < -0.4 is 16.2 Å². The van der Waals surface area contributed by atoms with Gasteiger partial charge in [0.2, 0.25) is 0 Å². The summed E-state index contributed by atoms with van der Waals surface area (Å²) >= 11 is 0. The number of nitrogens with one attached hydrogen (secondary N) is 2. The molecular formula is C20H26Cl2N6O2. The first-order chi connectivity index (χ1) is 13.6. The number of hydrogen-bond acceptors (Lipinski definition) is 5. The molecule has 30 heavy (non-hydrogen) atoms. The third-order valence-electron chi connectivity index (χ3n) is 5.26. The maximum Gasteiger partial charge on any atom is 0.263 e. The molecule has 1 aliphatic heterocycles. The Balaban J connectivity index is 0.00000160. The second-order valence-electron chi connectivity index (χ2n) is 7.27. The maximum absolute atomic E-state index is 12.9. The summed E-state index contributed by atoms with van der Waals surface area (Å²) in [7, 11) is 0. The molecule has 0 spiro atoms. The van der Waals surface area contributed by atoms with Crippen LogP contribution >= 0.6 is 24.8 Å². The van der Waals surface area contributed by atoms with Crippen molar-refractivity contribution in [1.29, 1.82) is 0 Å². The number of halogens is 2. The van der Waals surface area contributed by atoms with Crippen LogP contribution in [0.4, 0.5) is 0 Å². The normalized spacial score (nSPS) is 15.8. The van der Waals surface area contributed by atoms with Crippen LogP contribution in [0.1, 0.15) is 34.5 Å².